The van der Waals surface area contributed by atoms with Crippen molar-refractivity contribution in [2.75, 3.05) is 17.3 Å². The Morgan fingerprint density at radius 1 is 1.20 bits per heavy atom. The molecule has 0 saturated carbocycles. The van der Waals surface area contributed by atoms with Crippen LogP contribution in [-0.2, 0) is 0 Å². The summed E-state index contributed by atoms with van der Waals surface area (Å²) in [5, 5.41) is 7.50. The number of nitrogens with two attached hydrogens (primary N) is 3. The van der Waals surface area contributed by atoms with Gasteiger partial charge in [0.05, 0.1) is 0 Å². The number of hydrogen-bond donors (Lipinski definition) is 3. The lowest BCUT2D eigenvalue weighted by molar-refractivity contribution is 1.02. The first-order chi connectivity index (χ1) is 7.09. The van der Waals surface area contributed by atoms with Crippen molar-refractivity contribution >= 4 is 27.6 Å². The zero-order valence-electron chi connectivity index (χ0n) is 7.68. The van der Waals surface area contributed by atoms with E-state index in [-0.39, 0.29) is 5.95 Å². The van der Waals surface area contributed by atoms with E-state index in [0.717, 1.165) is 4.47 Å². The SMILES string of the molecule is Nc1cc(Br)ccc1-c1nnc(N)n1N. The summed E-state index contributed by atoms with van der Waals surface area (Å²) < 4.78 is 2.08. The van der Waals surface area contributed by atoms with Gasteiger partial charge >= 0.3 is 0 Å². The van der Waals surface area contributed by atoms with Crippen molar-refractivity contribution in [1.82, 2.24) is 14.9 Å². The smallest absolute Gasteiger partial charge is 0.241 e. The van der Waals surface area contributed by atoms with E-state index in [4.69, 9.17) is 17.3 Å². The minimum Gasteiger partial charge on any atom is -0.398 e. The van der Waals surface area contributed by atoms with Gasteiger partial charge in [0.2, 0.25) is 5.95 Å². The molecule has 0 amide bonds. The molecule has 1 aromatic carbocycles. The van der Waals surface area contributed by atoms with Crippen molar-refractivity contribution in [3.05, 3.63) is 22.7 Å². The molecule has 7 heteroatoms. The Hall–Kier alpha value is -1.76. The lowest BCUT2D eigenvalue weighted by Crippen LogP contribution is -2.13. The molecule has 0 aliphatic carbocycles. The first-order valence-electron chi connectivity index (χ1n) is 4.11. The number of anilines is 2. The number of halogens is 1. The minimum atomic E-state index is 0.146. The molecular formula is C8H9BrN6. The molecule has 0 fully saturated rings. The summed E-state index contributed by atoms with van der Waals surface area (Å²) >= 11 is 3.31. The second kappa shape index (κ2) is 3.43. The fourth-order valence-electron chi connectivity index (χ4n) is 1.22. The van der Waals surface area contributed by atoms with Gasteiger partial charge in [-0.1, -0.05) is 15.9 Å². The molecule has 78 valence electrons. The maximum absolute atomic E-state index is 5.82. The van der Waals surface area contributed by atoms with Crippen LogP contribution >= 0.6 is 15.9 Å². The predicted octanol–water partition coefficient (Wildman–Crippen LogP) is 0.586. The van der Waals surface area contributed by atoms with Gasteiger partial charge < -0.3 is 17.3 Å². The van der Waals surface area contributed by atoms with E-state index >= 15 is 0 Å². The Morgan fingerprint density at radius 2 is 1.93 bits per heavy atom. The van der Waals surface area contributed by atoms with Crippen LogP contribution in [0, 0.1) is 0 Å². The molecule has 0 spiro atoms. The Bertz CT molecular complexity index is 506. The summed E-state index contributed by atoms with van der Waals surface area (Å²) in [6, 6.07) is 5.41. The lowest BCUT2D eigenvalue weighted by Gasteiger charge is -2.05. The summed E-state index contributed by atoms with van der Waals surface area (Å²) in [6.07, 6.45) is 0. The summed E-state index contributed by atoms with van der Waals surface area (Å²) in [4.78, 5) is 0. The maximum Gasteiger partial charge on any atom is 0.241 e. The Balaban J connectivity index is 2.59. The molecule has 15 heavy (non-hydrogen) atoms. The average molecular weight is 269 g/mol. The van der Waals surface area contributed by atoms with E-state index in [2.05, 4.69) is 26.1 Å². The van der Waals surface area contributed by atoms with Crippen LogP contribution in [0.4, 0.5) is 11.6 Å². The van der Waals surface area contributed by atoms with Gasteiger partial charge in [0.25, 0.3) is 0 Å². The largest absolute Gasteiger partial charge is 0.398 e. The molecule has 0 unspecified atom stereocenters. The standard InChI is InChI=1S/C8H9BrN6/c9-4-1-2-5(6(10)3-4)7-13-14-8(11)15(7)12/h1-3H,10,12H2,(H2,11,14). The molecule has 6 nitrogen and oxygen atoms in total. The monoisotopic (exact) mass is 268 g/mol. The molecule has 1 aromatic heterocycles. The highest BCUT2D eigenvalue weighted by atomic mass is 79.9. The van der Waals surface area contributed by atoms with Gasteiger partial charge in [-0.2, -0.15) is 0 Å². The number of nitrogens with zero attached hydrogens (tertiary/aromatic N) is 3. The highest BCUT2D eigenvalue weighted by Crippen LogP contribution is 2.26. The van der Waals surface area contributed by atoms with Crippen LogP contribution in [0.1, 0.15) is 0 Å². The molecule has 0 aliphatic heterocycles. The van der Waals surface area contributed by atoms with Crippen molar-refractivity contribution in [3.63, 3.8) is 0 Å². The van der Waals surface area contributed by atoms with Crippen LogP contribution in [0.15, 0.2) is 22.7 Å². The number of aromatic nitrogens is 3. The van der Waals surface area contributed by atoms with Gasteiger partial charge in [0, 0.05) is 15.7 Å². The van der Waals surface area contributed by atoms with Gasteiger partial charge in [-0.15, -0.1) is 10.2 Å². The van der Waals surface area contributed by atoms with Crippen molar-refractivity contribution in [2.45, 2.75) is 0 Å². The number of hydrogen-bond acceptors (Lipinski definition) is 5. The first kappa shape index (κ1) is 9.78. The van der Waals surface area contributed by atoms with Gasteiger partial charge in [0.15, 0.2) is 5.82 Å². The fourth-order valence-corrected chi connectivity index (χ4v) is 1.60. The summed E-state index contributed by atoms with van der Waals surface area (Å²) in [7, 11) is 0. The van der Waals surface area contributed by atoms with Gasteiger partial charge in [-0.3, -0.25) is 0 Å². The highest BCUT2D eigenvalue weighted by molar-refractivity contribution is 9.10. The van der Waals surface area contributed by atoms with E-state index in [1.165, 1.54) is 4.68 Å². The van der Waals surface area contributed by atoms with E-state index in [1.807, 2.05) is 6.07 Å². The third kappa shape index (κ3) is 1.61. The molecule has 1 heterocycles. The van der Waals surface area contributed by atoms with Crippen molar-refractivity contribution < 1.29 is 0 Å². The molecule has 2 aromatic rings. The Labute approximate surface area is 94.2 Å². The molecule has 0 saturated heterocycles. The van der Waals surface area contributed by atoms with E-state index < -0.39 is 0 Å². The van der Waals surface area contributed by atoms with Crippen LogP contribution < -0.4 is 17.3 Å². The number of rotatable bonds is 1. The fraction of sp³-hybridized carbons (Fsp3) is 0. The molecule has 2 rings (SSSR count). The van der Waals surface area contributed by atoms with Crippen molar-refractivity contribution in [2.24, 2.45) is 0 Å². The molecule has 0 radical (unpaired) electrons. The summed E-state index contributed by atoms with van der Waals surface area (Å²) in [5.41, 5.74) is 12.6. The molecule has 0 bridgehead atoms. The maximum atomic E-state index is 5.82. The second-order valence-corrected chi connectivity index (χ2v) is 3.90. The predicted molar refractivity (Wildman–Crippen MR) is 62.1 cm³/mol. The lowest BCUT2D eigenvalue weighted by atomic mass is 10.2. The van der Waals surface area contributed by atoms with Crippen molar-refractivity contribution in [1.29, 1.82) is 0 Å². The molecule has 0 aliphatic rings. The van der Waals surface area contributed by atoms with Gasteiger partial charge in [0.1, 0.15) is 0 Å². The van der Waals surface area contributed by atoms with Crippen LogP contribution in [0.2, 0.25) is 0 Å². The molecular weight excluding hydrogens is 260 g/mol. The van der Waals surface area contributed by atoms with Gasteiger partial charge in [-0.25, -0.2) is 4.68 Å². The van der Waals surface area contributed by atoms with E-state index in [9.17, 15) is 0 Å². The third-order valence-corrected chi connectivity index (χ3v) is 2.47. The molecule has 6 N–H and O–H groups in total. The van der Waals surface area contributed by atoms with Crippen LogP contribution in [0.25, 0.3) is 11.4 Å². The van der Waals surface area contributed by atoms with Crippen LogP contribution in [0.5, 0.6) is 0 Å². The van der Waals surface area contributed by atoms with E-state index in [1.54, 1.807) is 12.1 Å². The summed E-state index contributed by atoms with van der Waals surface area (Å²) in [5.74, 6) is 6.23. The highest BCUT2D eigenvalue weighted by Gasteiger charge is 2.11. The summed E-state index contributed by atoms with van der Waals surface area (Å²) in [6.45, 7) is 0. The average Bonchev–Trinajstić information content (AvgIpc) is 2.49. The second-order valence-electron chi connectivity index (χ2n) is 2.98. The zero-order valence-corrected chi connectivity index (χ0v) is 9.27. The van der Waals surface area contributed by atoms with Crippen LogP contribution in [0.3, 0.4) is 0 Å². The number of benzene rings is 1. The van der Waals surface area contributed by atoms with E-state index in [0.29, 0.717) is 17.1 Å². The molecule has 0 atom stereocenters. The van der Waals surface area contributed by atoms with Gasteiger partial charge in [-0.05, 0) is 18.2 Å². The Morgan fingerprint density at radius 3 is 2.47 bits per heavy atom. The van der Waals surface area contributed by atoms with Crippen LogP contribution in [-0.4, -0.2) is 14.9 Å². The zero-order chi connectivity index (χ0) is 11.0. The number of nitrogen functional groups attached to an aromatic ring is 3. The quantitative estimate of drug-likeness (QED) is 0.518. The topological polar surface area (TPSA) is 109 Å². The normalized spacial score (nSPS) is 10.5. The Kier molecular flexibility index (Phi) is 2.24. The first-order valence-corrected chi connectivity index (χ1v) is 4.90. The van der Waals surface area contributed by atoms with Crippen molar-refractivity contribution in [3.8, 4) is 11.4 Å². The third-order valence-electron chi connectivity index (χ3n) is 1.98. The minimum absolute atomic E-state index is 0.146.